The molecule has 0 spiro atoms. The van der Waals surface area contributed by atoms with Crippen LogP contribution in [0.25, 0.3) is 0 Å². The molecule has 3 atom stereocenters. The average molecular weight is 392 g/mol. The monoisotopic (exact) mass is 391 g/mol. The fourth-order valence-corrected chi connectivity index (χ4v) is 5.49. The van der Waals surface area contributed by atoms with Gasteiger partial charge < -0.3 is 21.5 Å². The molecule has 1 aromatic heterocycles. The van der Waals surface area contributed by atoms with Crippen LogP contribution in [0.1, 0.15) is 11.3 Å². The van der Waals surface area contributed by atoms with Crippen LogP contribution in [-0.4, -0.2) is 48.3 Å². The molecule has 0 aromatic carbocycles. The summed E-state index contributed by atoms with van der Waals surface area (Å²) < 4.78 is 5.66. The third kappa shape index (κ3) is 3.32. The number of thioether (sulfide) groups is 1. The van der Waals surface area contributed by atoms with Crippen molar-refractivity contribution in [2.75, 3.05) is 30.8 Å². The molecule has 3 aliphatic heterocycles. The zero-order valence-electron chi connectivity index (χ0n) is 14.2. The highest BCUT2D eigenvalue weighted by molar-refractivity contribution is 8.13. The molecule has 1 fully saturated rings. The Morgan fingerprint density at radius 2 is 2.35 bits per heavy atom. The van der Waals surface area contributed by atoms with Gasteiger partial charge in [-0.2, -0.15) is 0 Å². The van der Waals surface area contributed by atoms with Gasteiger partial charge in [0.2, 0.25) is 0 Å². The van der Waals surface area contributed by atoms with Crippen molar-refractivity contribution in [3.8, 4) is 0 Å². The van der Waals surface area contributed by atoms with Gasteiger partial charge in [-0.05, 0) is 12.1 Å². The molecule has 1 aromatic rings. The van der Waals surface area contributed by atoms with Gasteiger partial charge in [0.25, 0.3) is 5.91 Å². The molecule has 5 N–H and O–H groups in total. The summed E-state index contributed by atoms with van der Waals surface area (Å²) in [5, 5.41) is 5.49. The van der Waals surface area contributed by atoms with E-state index >= 15 is 0 Å². The summed E-state index contributed by atoms with van der Waals surface area (Å²) in [6.45, 7) is 1.79. The molecule has 4 rings (SSSR count). The summed E-state index contributed by atoms with van der Waals surface area (Å²) in [5.74, 6) is 0.972. The molecule has 138 valence electrons. The topological polar surface area (TPSA) is 115 Å². The number of fused-ring (bicyclic) bond motifs is 1. The minimum Gasteiger partial charge on any atom is -0.381 e. The second kappa shape index (κ2) is 7.15. The van der Waals surface area contributed by atoms with Crippen LogP contribution in [0, 0.1) is 5.92 Å². The van der Waals surface area contributed by atoms with Crippen molar-refractivity contribution < 1.29 is 9.53 Å². The van der Waals surface area contributed by atoms with E-state index in [1.54, 1.807) is 35.3 Å². The maximum atomic E-state index is 12.4. The van der Waals surface area contributed by atoms with Crippen molar-refractivity contribution in [1.29, 1.82) is 0 Å². The van der Waals surface area contributed by atoms with Gasteiger partial charge in [-0.1, -0.05) is 17.8 Å². The van der Waals surface area contributed by atoms with Crippen LogP contribution in [-0.2, 0) is 15.1 Å². The minimum atomic E-state index is -0.337. The summed E-state index contributed by atoms with van der Waals surface area (Å²) in [7, 11) is 0. The number of dihydropyridines is 1. The van der Waals surface area contributed by atoms with E-state index in [-0.39, 0.29) is 17.5 Å². The molecule has 1 saturated heterocycles. The molecule has 7 nitrogen and oxygen atoms in total. The SMILES string of the molecule is NC1=N[C@@]2(c3cc(NC(=O)C4=NCC(N)C=C4)cs3)CCOC[C@H]2CS1. The Morgan fingerprint density at radius 1 is 1.46 bits per heavy atom. The highest BCUT2D eigenvalue weighted by Crippen LogP contribution is 2.47. The standard InChI is InChI=1S/C17H21N5O2S2/c18-11-1-2-13(20-6-11)15(23)21-12-5-14(25-9-12)17-3-4-24-7-10(17)8-26-16(19)22-17/h1-2,5,9-11H,3-4,6-8,18H2,(H2,19,22)(H,21,23)/t10-,11?,17-/m0/s1. The van der Waals surface area contributed by atoms with E-state index < -0.39 is 0 Å². The van der Waals surface area contributed by atoms with E-state index in [0.29, 0.717) is 36.6 Å². The Morgan fingerprint density at radius 3 is 3.15 bits per heavy atom. The maximum absolute atomic E-state index is 12.4. The van der Waals surface area contributed by atoms with E-state index in [1.807, 2.05) is 11.4 Å². The molecular formula is C17H21N5O2S2. The third-order valence-electron chi connectivity index (χ3n) is 4.85. The van der Waals surface area contributed by atoms with Gasteiger partial charge in [-0.25, -0.2) is 4.99 Å². The molecule has 0 bridgehead atoms. The van der Waals surface area contributed by atoms with Gasteiger partial charge in [0.1, 0.15) is 11.3 Å². The summed E-state index contributed by atoms with van der Waals surface area (Å²) in [4.78, 5) is 22.5. The number of thiophene rings is 1. The van der Waals surface area contributed by atoms with Crippen molar-refractivity contribution in [3.05, 3.63) is 28.5 Å². The second-order valence-corrected chi connectivity index (χ2v) is 8.56. The van der Waals surface area contributed by atoms with Gasteiger partial charge in [0.05, 0.1) is 18.8 Å². The first-order chi connectivity index (χ1) is 12.6. The molecule has 3 aliphatic rings. The molecule has 0 radical (unpaired) electrons. The van der Waals surface area contributed by atoms with Crippen molar-refractivity contribution in [2.24, 2.45) is 27.4 Å². The van der Waals surface area contributed by atoms with E-state index in [1.165, 1.54) is 0 Å². The Hall–Kier alpha value is -1.68. The Labute approximate surface area is 160 Å². The lowest BCUT2D eigenvalue weighted by Crippen LogP contribution is -2.46. The van der Waals surface area contributed by atoms with Crippen LogP contribution in [0.5, 0.6) is 0 Å². The van der Waals surface area contributed by atoms with Crippen LogP contribution in [0.2, 0.25) is 0 Å². The zero-order chi connectivity index (χ0) is 18.1. The lowest BCUT2D eigenvalue weighted by atomic mass is 9.80. The first-order valence-corrected chi connectivity index (χ1v) is 10.4. The van der Waals surface area contributed by atoms with E-state index in [4.69, 9.17) is 21.2 Å². The number of carbonyl (C=O) groups excluding carboxylic acids is 1. The van der Waals surface area contributed by atoms with Crippen LogP contribution in [0.4, 0.5) is 5.69 Å². The fourth-order valence-electron chi connectivity index (χ4n) is 3.43. The Bertz CT molecular complexity index is 803. The van der Waals surface area contributed by atoms with Gasteiger partial charge in [0.15, 0.2) is 5.17 Å². The Kier molecular flexibility index (Phi) is 4.87. The quantitative estimate of drug-likeness (QED) is 0.719. The van der Waals surface area contributed by atoms with E-state index in [9.17, 15) is 4.79 Å². The number of aliphatic imine (C=N–C) groups is 2. The Balaban J connectivity index is 1.55. The number of nitrogens with zero attached hydrogens (tertiary/aromatic N) is 2. The van der Waals surface area contributed by atoms with Crippen LogP contribution < -0.4 is 16.8 Å². The molecule has 0 saturated carbocycles. The van der Waals surface area contributed by atoms with Crippen LogP contribution >= 0.6 is 23.1 Å². The fraction of sp³-hybridized carbons (Fsp3) is 0.471. The number of hydrogen-bond donors (Lipinski definition) is 3. The highest BCUT2D eigenvalue weighted by atomic mass is 32.2. The smallest absolute Gasteiger partial charge is 0.273 e. The second-order valence-electron chi connectivity index (χ2n) is 6.61. The number of nitrogens with two attached hydrogens (primary N) is 2. The zero-order valence-corrected chi connectivity index (χ0v) is 15.8. The van der Waals surface area contributed by atoms with Crippen LogP contribution in [0.15, 0.2) is 33.6 Å². The number of carbonyl (C=O) groups is 1. The molecular weight excluding hydrogens is 370 g/mol. The first-order valence-electron chi connectivity index (χ1n) is 8.51. The molecule has 4 heterocycles. The lowest BCUT2D eigenvalue weighted by molar-refractivity contribution is -0.110. The van der Waals surface area contributed by atoms with E-state index in [0.717, 1.165) is 22.7 Å². The van der Waals surface area contributed by atoms with Gasteiger partial charge >= 0.3 is 0 Å². The number of rotatable bonds is 3. The number of amides is 1. The number of anilines is 1. The lowest BCUT2D eigenvalue weighted by Gasteiger charge is -2.42. The number of amidine groups is 1. The molecule has 26 heavy (non-hydrogen) atoms. The summed E-state index contributed by atoms with van der Waals surface area (Å²) >= 11 is 3.19. The summed E-state index contributed by atoms with van der Waals surface area (Å²) in [6.07, 6.45) is 4.28. The van der Waals surface area contributed by atoms with Crippen molar-refractivity contribution >= 4 is 45.6 Å². The predicted octanol–water partition coefficient (Wildman–Crippen LogP) is 1.32. The third-order valence-corrected chi connectivity index (χ3v) is 6.91. The van der Waals surface area contributed by atoms with Gasteiger partial charge in [-0.15, -0.1) is 11.3 Å². The maximum Gasteiger partial charge on any atom is 0.273 e. The highest BCUT2D eigenvalue weighted by Gasteiger charge is 2.46. The van der Waals surface area contributed by atoms with Gasteiger partial charge in [-0.3, -0.25) is 9.79 Å². The molecule has 9 heteroatoms. The molecule has 1 amide bonds. The number of hydrogen-bond acceptors (Lipinski definition) is 8. The summed E-state index contributed by atoms with van der Waals surface area (Å²) in [6, 6.07) is 1.89. The largest absolute Gasteiger partial charge is 0.381 e. The molecule has 1 unspecified atom stereocenters. The number of ether oxygens (including phenoxy) is 1. The number of nitrogens with one attached hydrogen (secondary N) is 1. The van der Waals surface area contributed by atoms with E-state index in [2.05, 4.69) is 10.3 Å². The first kappa shape index (κ1) is 17.7. The van der Waals surface area contributed by atoms with Crippen LogP contribution in [0.3, 0.4) is 0 Å². The van der Waals surface area contributed by atoms with Crippen molar-refractivity contribution in [3.63, 3.8) is 0 Å². The normalized spacial score (nSPS) is 31.0. The van der Waals surface area contributed by atoms with Gasteiger partial charge in [0, 0.05) is 41.0 Å². The predicted molar refractivity (Wildman–Crippen MR) is 107 cm³/mol. The molecule has 0 aliphatic carbocycles. The van der Waals surface area contributed by atoms with Crippen molar-refractivity contribution in [2.45, 2.75) is 18.0 Å². The minimum absolute atomic E-state index is 0.114. The average Bonchev–Trinajstić information content (AvgIpc) is 3.11. The summed E-state index contributed by atoms with van der Waals surface area (Å²) in [5.41, 5.74) is 12.6. The van der Waals surface area contributed by atoms with Crippen molar-refractivity contribution in [1.82, 2.24) is 0 Å².